The van der Waals surface area contributed by atoms with Crippen LogP contribution in [0.2, 0.25) is 0 Å². The first-order chi connectivity index (χ1) is 9.72. The summed E-state index contributed by atoms with van der Waals surface area (Å²) in [5.41, 5.74) is 1.42. The molecule has 1 N–H and O–H groups in total. The Morgan fingerprint density at radius 2 is 2.15 bits per heavy atom. The molecule has 20 heavy (non-hydrogen) atoms. The molecule has 5 nitrogen and oxygen atoms in total. The van der Waals surface area contributed by atoms with E-state index in [2.05, 4.69) is 26.8 Å². The number of hydrogen-bond acceptors (Lipinski definition) is 4. The summed E-state index contributed by atoms with van der Waals surface area (Å²) in [6.45, 7) is 4.15. The summed E-state index contributed by atoms with van der Waals surface area (Å²) in [4.78, 5) is 25.5. The highest BCUT2D eigenvalue weighted by molar-refractivity contribution is 5.58. The van der Waals surface area contributed by atoms with Crippen LogP contribution < -0.4 is 10.5 Å². The standard InChI is InChI=1S/C15H18N4O/c1-11-4-7-19(8-5-11)15-17-13(9-14(20)18-15)12-3-2-6-16-10-12/h2-3,6,9-11H,4-5,7-8H2,1H3,(H,17,18,20). The van der Waals surface area contributed by atoms with Crippen LogP contribution in [-0.2, 0) is 0 Å². The Bertz CT molecular complexity index is 630. The van der Waals surface area contributed by atoms with Crippen LogP contribution in [0.25, 0.3) is 11.3 Å². The van der Waals surface area contributed by atoms with Crippen LogP contribution >= 0.6 is 0 Å². The Morgan fingerprint density at radius 3 is 2.85 bits per heavy atom. The fraction of sp³-hybridized carbons (Fsp3) is 0.400. The molecule has 0 saturated carbocycles. The number of nitrogens with one attached hydrogen (secondary N) is 1. The van der Waals surface area contributed by atoms with Crippen LogP contribution in [-0.4, -0.2) is 28.0 Å². The molecule has 0 aliphatic carbocycles. The lowest BCUT2D eigenvalue weighted by atomic mass is 10.00. The summed E-state index contributed by atoms with van der Waals surface area (Å²) in [7, 11) is 0. The molecule has 1 fully saturated rings. The zero-order valence-corrected chi connectivity index (χ0v) is 11.5. The highest BCUT2D eigenvalue weighted by atomic mass is 16.1. The molecule has 2 aromatic rings. The molecule has 0 unspecified atom stereocenters. The summed E-state index contributed by atoms with van der Waals surface area (Å²) in [6.07, 6.45) is 5.72. The van der Waals surface area contributed by atoms with Crippen molar-refractivity contribution < 1.29 is 0 Å². The van der Waals surface area contributed by atoms with E-state index in [0.717, 1.165) is 37.4 Å². The highest BCUT2D eigenvalue weighted by Gasteiger charge is 2.18. The molecule has 0 bridgehead atoms. The zero-order chi connectivity index (χ0) is 13.9. The number of pyridine rings is 1. The first-order valence-electron chi connectivity index (χ1n) is 6.99. The molecule has 0 atom stereocenters. The van der Waals surface area contributed by atoms with E-state index in [4.69, 9.17) is 0 Å². The van der Waals surface area contributed by atoms with Crippen LogP contribution in [0.5, 0.6) is 0 Å². The Labute approximate surface area is 117 Å². The molecule has 1 aliphatic heterocycles. The second-order valence-electron chi connectivity index (χ2n) is 5.37. The van der Waals surface area contributed by atoms with Gasteiger partial charge in [0.05, 0.1) is 5.69 Å². The third kappa shape index (κ3) is 2.71. The number of anilines is 1. The van der Waals surface area contributed by atoms with Gasteiger partial charge < -0.3 is 4.90 Å². The minimum atomic E-state index is -0.118. The maximum Gasteiger partial charge on any atom is 0.252 e. The summed E-state index contributed by atoms with van der Waals surface area (Å²) in [5.74, 6) is 1.42. The van der Waals surface area contributed by atoms with Gasteiger partial charge in [-0.05, 0) is 30.9 Å². The van der Waals surface area contributed by atoms with Gasteiger partial charge in [-0.2, -0.15) is 0 Å². The van der Waals surface area contributed by atoms with Crippen molar-refractivity contribution in [3.05, 3.63) is 40.9 Å². The highest BCUT2D eigenvalue weighted by Crippen LogP contribution is 2.21. The molecular formula is C15H18N4O. The Morgan fingerprint density at radius 1 is 1.35 bits per heavy atom. The molecule has 0 radical (unpaired) electrons. The molecule has 1 aliphatic rings. The molecule has 2 aromatic heterocycles. The number of hydrogen-bond donors (Lipinski definition) is 1. The lowest BCUT2D eigenvalue weighted by molar-refractivity contribution is 0.434. The fourth-order valence-electron chi connectivity index (χ4n) is 2.48. The van der Waals surface area contributed by atoms with Gasteiger partial charge >= 0.3 is 0 Å². The number of aromatic nitrogens is 3. The van der Waals surface area contributed by atoms with Crippen molar-refractivity contribution in [2.75, 3.05) is 18.0 Å². The zero-order valence-electron chi connectivity index (χ0n) is 11.5. The smallest absolute Gasteiger partial charge is 0.252 e. The van der Waals surface area contributed by atoms with Crippen LogP contribution in [0.15, 0.2) is 35.4 Å². The van der Waals surface area contributed by atoms with Gasteiger partial charge in [0.1, 0.15) is 0 Å². The van der Waals surface area contributed by atoms with Crippen LogP contribution in [0, 0.1) is 5.92 Å². The summed E-state index contributed by atoms with van der Waals surface area (Å²) < 4.78 is 0. The predicted molar refractivity (Wildman–Crippen MR) is 78.7 cm³/mol. The van der Waals surface area contributed by atoms with Gasteiger partial charge in [0.2, 0.25) is 5.95 Å². The first-order valence-corrected chi connectivity index (χ1v) is 6.99. The minimum absolute atomic E-state index is 0.118. The molecule has 0 amide bonds. The summed E-state index contributed by atoms with van der Waals surface area (Å²) in [6, 6.07) is 5.28. The maximum atomic E-state index is 11.8. The van der Waals surface area contributed by atoms with Gasteiger partial charge in [-0.3, -0.25) is 14.8 Å². The molecule has 5 heteroatoms. The summed E-state index contributed by atoms with van der Waals surface area (Å²) in [5, 5.41) is 0. The number of rotatable bonds is 2. The Balaban J connectivity index is 1.93. The van der Waals surface area contributed by atoms with Crippen molar-refractivity contribution in [2.45, 2.75) is 19.8 Å². The van der Waals surface area contributed by atoms with Crippen molar-refractivity contribution in [2.24, 2.45) is 5.92 Å². The minimum Gasteiger partial charge on any atom is -0.342 e. The third-order valence-electron chi connectivity index (χ3n) is 3.77. The predicted octanol–water partition coefficient (Wildman–Crippen LogP) is 2.07. The number of piperidine rings is 1. The van der Waals surface area contributed by atoms with Crippen molar-refractivity contribution in [3.63, 3.8) is 0 Å². The first kappa shape index (κ1) is 12.8. The van der Waals surface area contributed by atoms with Gasteiger partial charge in [-0.15, -0.1) is 0 Å². The van der Waals surface area contributed by atoms with E-state index in [0.29, 0.717) is 11.6 Å². The van der Waals surface area contributed by atoms with Crippen LogP contribution in [0.3, 0.4) is 0 Å². The second kappa shape index (κ2) is 5.45. The molecule has 0 aromatic carbocycles. The van der Waals surface area contributed by atoms with Crippen LogP contribution in [0.4, 0.5) is 5.95 Å². The van der Waals surface area contributed by atoms with Gasteiger partial charge in [0, 0.05) is 37.1 Å². The van der Waals surface area contributed by atoms with Crippen molar-refractivity contribution in [1.82, 2.24) is 15.0 Å². The van der Waals surface area contributed by atoms with Gasteiger partial charge in [-0.25, -0.2) is 4.98 Å². The topological polar surface area (TPSA) is 61.9 Å². The second-order valence-corrected chi connectivity index (χ2v) is 5.37. The lowest BCUT2D eigenvalue weighted by Gasteiger charge is -2.30. The molecule has 104 valence electrons. The van der Waals surface area contributed by atoms with Gasteiger partial charge in [-0.1, -0.05) is 6.92 Å². The monoisotopic (exact) mass is 270 g/mol. The SMILES string of the molecule is CC1CCN(c2nc(-c3cccnc3)cc(=O)[nH]2)CC1. The van der Waals surface area contributed by atoms with E-state index >= 15 is 0 Å². The lowest BCUT2D eigenvalue weighted by Crippen LogP contribution is -2.35. The molecular weight excluding hydrogens is 252 g/mol. The largest absolute Gasteiger partial charge is 0.342 e. The van der Waals surface area contributed by atoms with Gasteiger partial charge in [0.15, 0.2) is 0 Å². The molecule has 3 rings (SSSR count). The maximum absolute atomic E-state index is 11.8. The fourth-order valence-corrected chi connectivity index (χ4v) is 2.48. The van der Waals surface area contributed by atoms with E-state index in [1.807, 2.05) is 12.1 Å². The van der Waals surface area contributed by atoms with Crippen molar-refractivity contribution >= 4 is 5.95 Å². The normalized spacial score (nSPS) is 16.4. The van der Waals surface area contributed by atoms with E-state index < -0.39 is 0 Å². The number of H-pyrrole nitrogens is 1. The van der Waals surface area contributed by atoms with E-state index in [1.165, 1.54) is 6.07 Å². The summed E-state index contributed by atoms with van der Waals surface area (Å²) >= 11 is 0. The van der Waals surface area contributed by atoms with Gasteiger partial charge in [0.25, 0.3) is 5.56 Å². The van der Waals surface area contributed by atoms with E-state index in [1.54, 1.807) is 12.4 Å². The Hall–Kier alpha value is -2.17. The molecule has 3 heterocycles. The third-order valence-corrected chi connectivity index (χ3v) is 3.77. The average molecular weight is 270 g/mol. The number of nitrogens with zero attached hydrogens (tertiary/aromatic N) is 3. The number of aromatic amines is 1. The van der Waals surface area contributed by atoms with Crippen molar-refractivity contribution in [3.8, 4) is 11.3 Å². The van der Waals surface area contributed by atoms with E-state index in [9.17, 15) is 4.79 Å². The molecule has 0 spiro atoms. The Kier molecular flexibility index (Phi) is 3.50. The van der Waals surface area contributed by atoms with Crippen LogP contribution in [0.1, 0.15) is 19.8 Å². The van der Waals surface area contributed by atoms with E-state index in [-0.39, 0.29) is 5.56 Å². The quantitative estimate of drug-likeness (QED) is 0.907. The molecule has 1 saturated heterocycles. The van der Waals surface area contributed by atoms with Crippen molar-refractivity contribution in [1.29, 1.82) is 0 Å². The average Bonchev–Trinajstić information content (AvgIpc) is 2.48.